The number of ether oxygens (including phenoxy) is 2. The molecule has 1 saturated heterocycles. The topological polar surface area (TPSA) is 63.7 Å². The summed E-state index contributed by atoms with van der Waals surface area (Å²) in [6, 6.07) is 12.6. The summed E-state index contributed by atoms with van der Waals surface area (Å²) < 4.78 is 11.0. The van der Waals surface area contributed by atoms with Gasteiger partial charge in [0.1, 0.15) is 6.61 Å². The molecular weight excluding hydrogens is 306 g/mol. The van der Waals surface area contributed by atoms with Gasteiger partial charge in [0.2, 0.25) is 5.88 Å². The summed E-state index contributed by atoms with van der Waals surface area (Å²) >= 11 is 0. The number of hydrogen-bond donors (Lipinski definition) is 1. The minimum Gasteiger partial charge on any atom is -0.476 e. The van der Waals surface area contributed by atoms with Gasteiger partial charge in [-0.15, -0.1) is 0 Å². The van der Waals surface area contributed by atoms with Gasteiger partial charge in [-0.2, -0.15) is 0 Å². The third-order valence-electron chi connectivity index (χ3n) is 3.79. The lowest BCUT2D eigenvalue weighted by molar-refractivity contribution is 0.0320. The van der Waals surface area contributed by atoms with Crippen molar-refractivity contribution in [1.29, 1.82) is 0 Å². The molecule has 0 atom stereocenters. The SMILES string of the molecule is O=C(Nc1ccc(OCCN2CCOCC2)nc1)c1ccccc1. The maximum atomic E-state index is 12.1. The van der Waals surface area contributed by atoms with Gasteiger partial charge in [0.25, 0.3) is 5.91 Å². The minimum absolute atomic E-state index is 0.154. The zero-order chi connectivity index (χ0) is 16.6. The second-order valence-corrected chi connectivity index (χ2v) is 5.51. The fourth-order valence-electron chi connectivity index (χ4n) is 2.44. The molecular formula is C18H21N3O3. The number of carbonyl (C=O) groups is 1. The van der Waals surface area contributed by atoms with Gasteiger partial charge in [0, 0.05) is 31.3 Å². The number of carbonyl (C=O) groups excluding carboxylic acids is 1. The number of morpholine rings is 1. The van der Waals surface area contributed by atoms with Crippen LogP contribution in [-0.4, -0.2) is 55.2 Å². The third kappa shape index (κ3) is 4.78. The van der Waals surface area contributed by atoms with Gasteiger partial charge in [-0.25, -0.2) is 4.98 Å². The first-order valence-electron chi connectivity index (χ1n) is 8.06. The molecule has 1 aromatic carbocycles. The Balaban J connectivity index is 1.45. The van der Waals surface area contributed by atoms with Crippen molar-refractivity contribution >= 4 is 11.6 Å². The van der Waals surface area contributed by atoms with Crippen LogP contribution in [0.3, 0.4) is 0 Å². The molecule has 2 heterocycles. The normalized spacial score (nSPS) is 15.0. The standard InChI is InChI=1S/C18H21N3O3/c22-18(15-4-2-1-3-5-15)20-16-6-7-17(19-14-16)24-13-10-21-8-11-23-12-9-21/h1-7,14H,8-13H2,(H,20,22). The van der Waals surface area contributed by atoms with E-state index in [1.54, 1.807) is 30.5 Å². The highest BCUT2D eigenvalue weighted by molar-refractivity contribution is 6.04. The van der Waals surface area contributed by atoms with E-state index in [4.69, 9.17) is 9.47 Å². The molecule has 6 nitrogen and oxygen atoms in total. The first-order chi connectivity index (χ1) is 11.8. The number of amides is 1. The molecule has 1 aliphatic heterocycles. The monoisotopic (exact) mass is 327 g/mol. The molecule has 126 valence electrons. The molecule has 0 bridgehead atoms. The van der Waals surface area contributed by atoms with E-state index < -0.39 is 0 Å². The number of anilines is 1. The van der Waals surface area contributed by atoms with Crippen LogP contribution in [0.1, 0.15) is 10.4 Å². The minimum atomic E-state index is -0.154. The van der Waals surface area contributed by atoms with Crippen LogP contribution in [0, 0.1) is 0 Å². The van der Waals surface area contributed by atoms with E-state index in [-0.39, 0.29) is 5.91 Å². The fourth-order valence-corrected chi connectivity index (χ4v) is 2.44. The molecule has 1 fully saturated rings. The Morgan fingerprint density at radius 2 is 1.96 bits per heavy atom. The van der Waals surface area contributed by atoms with E-state index in [0.717, 1.165) is 32.8 Å². The van der Waals surface area contributed by atoms with Crippen molar-refractivity contribution in [2.75, 3.05) is 44.8 Å². The smallest absolute Gasteiger partial charge is 0.255 e. The van der Waals surface area contributed by atoms with Crippen molar-refractivity contribution in [3.8, 4) is 5.88 Å². The Labute approximate surface area is 141 Å². The average Bonchev–Trinajstić information content (AvgIpc) is 2.65. The highest BCUT2D eigenvalue weighted by atomic mass is 16.5. The predicted molar refractivity (Wildman–Crippen MR) is 91.4 cm³/mol. The quantitative estimate of drug-likeness (QED) is 0.880. The molecule has 1 amide bonds. The molecule has 0 saturated carbocycles. The van der Waals surface area contributed by atoms with Crippen LogP contribution < -0.4 is 10.1 Å². The molecule has 3 rings (SSSR count). The van der Waals surface area contributed by atoms with Crippen molar-refractivity contribution in [2.24, 2.45) is 0 Å². The second-order valence-electron chi connectivity index (χ2n) is 5.51. The van der Waals surface area contributed by atoms with Crippen LogP contribution in [0.5, 0.6) is 5.88 Å². The Hall–Kier alpha value is -2.44. The van der Waals surface area contributed by atoms with E-state index in [2.05, 4.69) is 15.2 Å². The molecule has 24 heavy (non-hydrogen) atoms. The van der Waals surface area contributed by atoms with Crippen LogP contribution in [0.15, 0.2) is 48.7 Å². The summed E-state index contributed by atoms with van der Waals surface area (Å²) in [4.78, 5) is 18.6. The summed E-state index contributed by atoms with van der Waals surface area (Å²) in [5.74, 6) is 0.402. The van der Waals surface area contributed by atoms with Crippen molar-refractivity contribution in [1.82, 2.24) is 9.88 Å². The summed E-state index contributed by atoms with van der Waals surface area (Å²) in [5.41, 5.74) is 1.26. The fraction of sp³-hybridized carbons (Fsp3) is 0.333. The van der Waals surface area contributed by atoms with Gasteiger partial charge in [0.05, 0.1) is 25.1 Å². The zero-order valence-corrected chi connectivity index (χ0v) is 13.5. The molecule has 0 unspecified atom stereocenters. The largest absolute Gasteiger partial charge is 0.476 e. The number of pyridine rings is 1. The lowest BCUT2D eigenvalue weighted by atomic mass is 10.2. The van der Waals surface area contributed by atoms with Crippen molar-refractivity contribution in [3.63, 3.8) is 0 Å². The summed E-state index contributed by atoms with van der Waals surface area (Å²) in [6.45, 7) is 4.91. The molecule has 0 spiro atoms. The van der Waals surface area contributed by atoms with Gasteiger partial charge in [0.15, 0.2) is 0 Å². The lowest BCUT2D eigenvalue weighted by Gasteiger charge is -2.26. The highest BCUT2D eigenvalue weighted by Crippen LogP contribution is 2.13. The van der Waals surface area contributed by atoms with E-state index in [9.17, 15) is 4.79 Å². The number of aromatic nitrogens is 1. The van der Waals surface area contributed by atoms with Crippen LogP contribution >= 0.6 is 0 Å². The van der Waals surface area contributed by atoms with Crippen molar-refractivity contribution < 1.29 is 14.3 Å². The number of benzene rings is 1. The van der Waals surface area contributed by atoms with Gasteiger partial charge >= 0.3 is 0 Å². The second kappa shape index (κ2) is 8.42. The third-order valence-corrected chi connectivity index (χ3v) is 3.79. The number of nitrogens with one attached hydrogen (secondary N) is 1. The first kappa shape index (κ1) is 16.4. The Kier molecular flexibility index (Phi) is 5.76. The Morgan fingerprint density at radius 1 is 1.17 bits per heavy atom. The Morgan fingerprint density at radius 3 is 2.67 bits per heavy atom. The summed E-state index contributed by atoms with van der Waals surface area (Å²) in [7, 11) is 0. The van der Waals surface area contributed by atoms with Gasteiger partial charge < -0.3 is 14.8 Å². The lowest BCUT2D eigenvalue weighted by Crippen LogP contribution is -2.38. The summed E-state index contributed by atoms with van der Waals surface area (Å²) in [6.07, 6.45) is 1.60. The molecule has 2 aromatic rings. The molecule has 0 aliphatic carbocycles. The van der Waals surface area contributed by atoms with Gasteiger partial charge in [-0.3, -0.25) is 9.69 Å². The average molecular weight is 327 g/mol. The molecule has 6 heteroatoms. The number of hydrogen-bond acceptors (Lipinski definition) is 5. The van der Waals surface area contributed by atoms with E-state index >= 15 is 0 Å². The van der Waals surface area contributed by atoms with Gasteiger partial charge in [-0.05, 0) is 18.2 Å². The van der Waals surface area contributed by atoms with Crippen LogP contribution in [0.25, 0.3) is 0 Å². The van der Waals surface area contributed by atoms with Crippen LogP contribution in [0.2, 0.25) is 0 Å². The van der Waals surface area contributed by atoms with Gasteiger partial charge in [-0.1, -0.05) is 18.2 Å². The molecule has 1 aromatic heterocycles. The van der Waals surface area contributed by atoms with Crippen LogP contribution in [-0.2, 0) is 4.74 Å². The molecule has 1 N–H and O–H groups in total. The number of rotatable bonds is 6. The maximum Gasteiger partial charge on any atom is 0.255 e. The molecule has 0 radical (unpaired) electrons. The highest BCUT2D eigenvalue weighted by Gasteiger charge is 2.10. The first-order valence-corrected chi connectivity index (χ1v) is 8.06. The zero-order valence-electron chi connectivity index (χ0n) is 13.5. The van der Waals surface area contributed by atoms with E-state index in [1.165, 1.54) is 0 Å². The molecule has 1 aliphatic rings. The predicted octanol–water partition coefficient (Wildman–Crippen LogP) is 2.04. The summed E-state index contributed by atoms with van der Waals surface area (Å²) in [5, 5.41) is 2.81. The Bertz CT molecular complexity index is 640. The maximum absolute atomic E-state index is 12.1. The van der Waals surface area contributed by atoms with Crippen LogP contribution in [0.4, 0.5) is 5.69 Å². The van der Waals surface area contributed by atoms with E-state index in [1.807, 2.05) is 18.2 Å². The van der Waals surface area contributed by atoms with E-state index in [0.29, 0.717) is 23.7 Å². The van der Waals surface area contributed by atoms with Crippen molar-refractivity contribution in [2.45, 2.75) is 0 Å². The van der Waals surface area contributed by atoms with Crippen molar-refractivity contribution in [3.05, 3.63) is 54.2 Å². The number of nitrogens with zero attached hydrogens (tertiary/aromatic N) is 2.